The second-order valence-corrected chi connectivity index (χ2v) is 14.1. The number of nitrogens with zero attached hydrogens (tertiary/aromatic N) is 5. The summed E-state index contributed by atoms with van der Waals surface area (Å²) in [5.41, 5.74) is 2.74. The van der Waals surface area contributed by atoms with E-state index in [0.717, 1.165) is 68.8 Å². The van der Waals surface area contributed by atoms with E-state index in [4.69, 9.17) is 4.74 Å². The van der Waals surface area contributed by atoms with Crippen molar-refractivity contribution >= 4 is 39.6 Å². The number of fused-ring (bicyclic) bond motifs is 1. The van der Waals surface area contributed by atoms with Crippen LogP contribution in [0.5, 0.6) is 5.75 Å². The normalized spacial score (nSPS) is 21.0. The van der Waals surface area contributed by atoms with Gasteiger partial charge in [-0.2, -0.15) is 0 Å². The van der Waals surface area contributed by atoms with E-state index in [-0.39, 0.29) is 36.8 Å². The third-order valence-electron chi connectivity index (χ3n) is 10.4. The van der Waals surface area contributed by atoms with Crippen molar-refractivity contribution in [1.29, 1.82) is 0 Å². The number of hydrogen-bond donors (Lipinski definition) is 3. The molecule has 4 amide bonds. The Labute approximate surface area is 290 Å². The minimum absolute atomic E-state index is 0.00773. The van der Waals surface area contributed by atoms with E-state index in [2.05, 4.69) is 31.0 Å². The molecule has 0 unspecified atom stereocenters. The second-order valence-electron chi connectivity index (χ2n) is 13.3. The summed E-state index contributed by atoms with van der Waals surface area (Å²) in [5, 5.41) is 22.3. The highest BCUT2D eigenvalue weighted by atomic mass is 79.9. The van der Waals surface area contributed by atoms with Crippen molar-refractivity contribution in [2.24, 2.45) is 0 Å². The Morgan fingerprint density at radius 1 is 0.896 bits per heavy atom. The summed E-state index contributed by atoms with van der Waals surface area (Å²) in [6.07, 6.45) is 2.80. The van der Waals surface area contributed by atoms with Crippen molar-refractivity contribution < 1.29 is 29.3 Å². The smallest absolute Gasteiger partial charge is 0.410 e. The molecule has 4 heterocycles. The summed E-state index contributed by atoms with van der Waals surface area (Å²) in [5.74, 6) is -0.109. The topological polar surface area (TPSA) is 129 Å². The summed E-state index contributed by atoms with van der Waals surface area (Å²) < 4.78 is 6.52. The molecule has 4 aliphatic heterocycles. The van der Waals surface area contributed by atoms with Gasteiger partial charge >= 0.3 is 12.1 Å². The summed E-state index contributed by atoms with van der Waals surface area (Å²) in [4.78, 5) is 50.7. The molecule has 0 spiro atoms. The number of aromatic hydroxyl groups is 1. The zero-order valence-corrected chi connectivity index (χ0v) is 29.0. The minimum atomic E-state index is -1.00. The molecule has 13 heteroatoms. The highest BCUT2D eigenvalue weighted by molar-refractivity contribution is 9.10. The molecule has 3 fully saturated rings. The van der Waals surface area contributed by atoms with Crippen LogP contribution in [0, 0.1) is 0 Å². The maximum absolute atomic E-state index is 14.0. The molecule has 4 aliphatic rings. The van der Waals surface area contributed by atoms with Crippen LogP contribution in [-0.2, 0) is 22.4 Å². The first-order chi connectivity index (χ1) is 23.3. The predicted molar refractivity (Wildman–Crippen MR) is 185 cm³/mol. The number of piperidine rings is 2. The molecule has 2 aromatic rings. The van der Waals surface area contributed by atoms with Crippen molar-refractivity contribution in [1.82, 2.24) is 24.5 Å². The number of carbonyl (C=O) groups is 3. The largest absolute Gasteiger partial charge is 0.507 e. The van der Waals surface area contributed by atoms with E-state index in [0.29, 0.717) is 56.1 Å². The number of nitrogens with one attached hydrogen (secondary N) is 1. The van der Waals surface area contributed by atoms with Crippen LogP contribution in [0.3, 0.4) is 0 Å². The number of phenolic OH excluding ortho intramolecular Hbond substituents is 1. The van der Waals surface area contributed by atoms with Gasteiger partial charge in [-0.05, 0) is 90.4 Å². The number of likely N-dealkylation sites (tertiary alicyclic amines) is 2. The highest BCUT2D eigenvalue weighted by Gasteiger charge is 2.36. The first-order valence-corrected chi connectivity index (χ1v) is 18.0. The number of β-amino-alcohol motifs (C(OH)–C–C–N with tert-alkyl or cyclic N) is 1. The number of ether oxygens (including phenoxy) is 1. The number of benzene rings is 2. The summed E-state index contributed by atoms with van der Waals surface area (Å²) in [7, 11) is 0. The van der Waals surface area contributed by atoms with Gasteiger partial charge in [-0.3, -0.25) is 9.69 Å². The van der Waals surface area contributed by atoms with Gasteiger partial charge in [0.25, 0.3) is 5.91 Å². The molecule has 0 saturated carbocycles. The van der Waals surface area contributed by atoms with E-state index in [1.165, 1.54) is 0 Å². The third-order valence-corrected chi connectivity index (χ3v) is 11.0. The summed E-state index contributed by atoms with van der Waals surface area (Å²) in [6, 6.07) is 13.3. The fourth-order valence-electron chi connectivity index (χ4n) is 7.53. The van der Waals surface area contributed by atoms with Crippen LogP contribution in [0.15, 0.2) is 46.9 Å². The molecule has 2 aromatic carbocycles. The molecule has 260 valence electrons. The van der Waals surface area contributed by atoms with E-state index in [1.54, 1.807) is 23.1 Å². The maximum Gasteiger partial charge on any atom is 0.410 e. The van der Waals surface area contributed by atoms with Gasteiger partial charge in [-0.25, -0.2) is 9.59 Å². The standard InChI is InChI=1S/C35H47BrN6O6/c36-29-23-25(5-6-31(29)44)24-32(33(45)40-19-17-39(18-20-40)27-8-12-38(13-9-27)21-22-43)48-35(47)41-14-10-28(11-15-41)42-16-7-26-3-1-2-4-30(26)37-34(42)46/h1-6,23,27-28,32,43-44H,7-22,24H2,(H,37,46)/t32-/m1/s1. The van der Waals surface area contributed by atoms with E-state index < -0.39 is 12.2 Å². The quantitative estimate of drug-likeness (QED) is 0.378. The van der Waals surface area contributed by atoms with Gasteiger partial charge in [0.1, 0.15) is 5.75 Å². The number of carbonyl (C=O) groups excluding carboxylic acids is 3. The maximum atomic E-state index is 14.0. The SMILES string of the molecule is O=C(O[C@H](Cc1ccc(O)c(Br)c1)C(=O)N1CCN(C2CCN(CCO)CC2)CC1)N1CCC(N2CCc3ccccc3NC2=O)CC1. The Bertz CT molecular complexity index is 1440. The molecule has 3 N–H and O–H groups in total. The van der Waals surface area contributed by atoms with Crippen LogP contribution in [0.2, 0.25) is 0 Å². The van der Waals surface area contributed by atoms with Crippen molar-refractivity contribution in [3.05, 3.63) is 58.1 Å². The Morgan fingerprint density at radius 3 is 2.31 bits per heavy atom. The summed E-state index contributed by atoms with van der Waals surface area (Å²) in [6.45, 7) is 7.00. The van der Waals surface area contributed by atoms with E-state index >= 15 is 0 Å². The number of aliphatic hydroxyl groups is 1. The Balaban J connectivity index is 1.05. The van der Waals surface area contributed by atoms with Crippen molar-refractivity contribution in [2.45, 2.75) is 56.7 Å². The van der Waals surface area contributed by atoms with Crippen LogP contribution in [0.4, 0.5) is 15.3 Å². The lowest BCUT2D eigenvalue weighted by Gasteiger charge is -2.43. The molecular formula is C35H47BrN6O6. The minimum Gasteiger partial charge on any atom is -0.507 e. The molecule has 0 aliphatic carbocycles. The molecule has 48 heavy (non-hydrogen) atoms. The molecule has 0 radical (unpaired) electrons. The first kappa shape index (κ1) is 34.5. The number of rotatable bonds is 8. The lowest BCUT2D eigenvalue weighted by atomic mass is 10.0. The number of urea groups is 1. The molecule has 3 saturated heterocycles. The Morgan fingerprint density at radius 2 is 1.60 bits per heavy atom. The number of anilines is 1. The lowest BCUT2D eigenvalue weighted by Crippen LogP contribution is -2.56. The lowest BCUT2D eigenvalue weighted by molar-refractivity contribution is -0.143. The van der Waals surface area contributed by atoms with Gasteiger partial charge in [-0.1, -0.05) is 24.3 Å². The van der Waals surface area contributed by atoms with Crippen LogP contribution in [0.1, 0.15) is 36.8 Å². The molecule has 1 atom stereocenters. The number of para-hydroxylation sites is 1. The van der Waals surface area contributed by atoms with Crippen LogP contribution in [-0.4, -0.2) is 143 Å². The average molecular weight is 728 g/mol. The molecule has 0 aromatic heterocycles. The number of hydrogen-bond acceptors (Lipinski definition) is 8. The zero-order chi connectivity index (χ0) is 33.6. The molecular weight excluding hydrogens is 680 g/mol. The van der Waals surface area contributed by atoms with Crippen LogP contribution >= 0.6 is 15.9 Å². The summed E-state index contributed by atoms with van der Waals surface area (Å²) >= 11 is 3.36. The number of phenols is 1. The molecule has 0 bridgehead atoms. The van der Waals surface area contributed by atoms with Crippen LogP contribution in [0.25, 0.3) is 0 Å². The second kappa shape index (κ2) is 15.9. The van der Waals surface area contributed by atoms with Gasteiger partial charge in [0.2, 0.25) is 0 Å². The third kappa shape index (κ3) is 8.24. The number of halogens is 1. The predicted octanol–water partition coefficient (Wildman–Crippen LogP) is 3.36. The Hall–Kier alpha value is -3.39. The molecule has 12 nitrogen and oxygen atoms in total. The van der Waals surface area contributed by atoms with Crippen LogP contribution < -0.4 is 5.32 Å². The highest BCUT2D eigenvalue weighted by Crippen LogP contribution is 2.27. The fraction of sp³-hybridized carbons (Fsp3) is 0.571. The zero-order valence-electron chi connectivity index (χ0n) is 27.4. The number of aliphatic hydroxyl groups excluding tert-OH is 1. The number of piperazine rings is 1. The van der Waals surface area contributed by atoms with Gasteiger partial charge in [0, 0.05) is 76.5 Å². The average Bonchev–Trinajstić information content (AvgIpc) is 3.28. The van der Waals surface area contributed by atoms with Gasteiger partial charge in [0.05, 0.1) is 11.1 Å². The fourth-order valence-corrected chi connectivity index (χ4v) is 7.95. The van der Waals surface area contributed by atoms with Gasteiger partial charge in [-0.15, -0.1) is 0 Å². The number of amides is 4. The van der Waals surface area contributed by atoms with E-state index in [1.807, 2.05) is 34.1 Å². The monoisotopic (exact) mass is 726 g/mol. The molecule has 6 rings (SSSR count). The van der Waals surface area contributed by atoms with Crippen molar-refractivity contribution in [3.8, 4) is 5.75 Å². The Kier molecular flexibility index (Phi) is 11.4. The first-order valence-electron chi connectivity index (χ1n) is 17.2. The van der Waals surface area contributed by atoms with E-state index in [9.17, 15) is 24.6 Å². The van der Waals surface area contributed by atoms with Gasteiger partial charge in [0.15, 0.2) is 6.10 Å². The van der Waals surface area contributed by atoms with Gasteiger partial charge < -0.3 is 39.9 Å². The van der Waals surface area contributed by atoms with Crippen molar-refractivity contribution in [3.63, 3.8) is 0 Å². The van der Waals surface area contributed by atoms with Crippen molar-refractivity contribution in [2.75, 3.05) is 77.4 Å².